The summed E-state index contributed by atoms with van der Waals surface area (Å²) in [7, 11) is -2.36. The van der Waals surface area contributed by atoms with Gasteiger partial charge in [0, 0.05) is 43.4 Å². The van der Waals surface area contributed by atoms with Crippen LogP contribution in [0.4, 0.5) is 16.2 Å². The summed E-state index contributed by atoms with van der Waals surface area (Å²) in [4.78, 5) is 28.9. The number of rotatable bonds is 8. The molecule has 0 spiro atoms. The standard InChI is InChI=1S/C34H46ClN5O8S/c1-21-18-40(22(2)20-41)33(42)29-17-27(36-34(43)37-32-24(4)38-48-25(32)5)12-15-30(29)47-23(3)9-7-8-16-46-31(21)19-39(6)49(44,45)28-13-10-26(35)11-14-28/h10-15,17,21-23,31,41H,7-9,16,18-20H2,1-6H3,(H2,36,37,43)/t21-,22-,23+,31+/m0/s1. The highest BCUT2D eigenvalue weighted by atomic mass is 35.5. The summed E-state index contributed by atoms with van der Waals surface area (Å²) in [5.41, 5.74) is 1.51. The van der Waals surface area contributed by atoms with Gasteiger partial charge >= 0.3 is 6.03 Å². The van der Waals surface area contributed by atoms with Crippen LogP contribution in [-0.4, -0.2) is 91.4 Å². The second-order valence-electron chi connectivity index (χ2n) is 12.5. The van der Waals surface area contributed by atoms with Crippen LogP contribution in [0.3, 0.4) is 0 Å². The molecule has 13 nitrogen and oxygen atoms in total. The zero-order chi connectivity index (χ0) is 35.9. The van der Waals surface area contributed by atoms with Gasteiger partial charge in [0.2, 0.25) is 10.0 Å². The average Bonchev–Trinajstić information content (AvgIpc) is 3.38. The highest BCUT2D eigenvalue weighted by Crippen LogP contribution is 2.29. The Morgan fingerprint density at radius 2 is 1.86 bits per heavy atom. The lowest BCUT2D eigenvalue weighted by Gasteiger charge is -2.35. The quantitative estimate of drug-likeness (QED) is 0.265. The summed E-state index contributed by atoms with van der Waals surface area (Å²) in [5, 5.41) is 20.0. The molecule has 0 saturated carbocycles. The molecule has 0 fully saturated rings. The predicted molar refractivity (Wildman–Crippen MR) is 187 cm³/mol. The fraction of sp³-hybridized carbons (Fsp3) is 0.500. The Bertz CT molecular complexity index is 1680. The van der Waals surface area contributed by atoms with Crippen molar-refractivity contribution >= 4 is 44.9 Å². The molecule has 3 amide bonds. The van der Waals surface area contributed by atoms with Crippen LogP contribution >= 0.6 is 11.6 Å². The first kappa shape index (κ1) is 38.1. The van der Waals surface area contributed by atoms with E-state index in [-0.39, 0.29) is 42.2 Å². The SMILES string of the molecule is Cc1noc(C)c1NC(=O)Nc1ccc2c(c1)C(=O)N([C@@H](C)CO)C[C@H](C)[C@@H](CN(C)S(=O)(=O)c1ccc(Cl)cc1)OCCCC[C@@H](C)O2. The minimum atomic E-state index is -3.86. The van der Waals surface area contributed by atoms with Crippen LogP contribution in [-0.2, 0) is 14.8 Å². The van der Waals surface area contributed by atoms with Gasteiger partial charge in [0.1, 0.15) is 17.1 Å². The van der Waals surface area contributed by atoms with Gasteiger partial charge in [-0.2, -0.15) is 4.31 Å². The van der Waals surface area contributed by atoms with E-state index in [0.717, 1.165) is 12.8 Å². The van der Waals surface area contributed by atoms with Gasteiger partial charge < -0.3 is 34.6 Å². The molecule has 0 unspecified atom stereocenters. The van der Waals surface area contributed by atoms with Crippen LogP contribution in [0.5, 0.6) is 5.75 Å². The van der Waals surface area contributed by atoms with Gasteiger partial charge in [0.15, 0.2) is 5.76 Å². The summed E-state index contributed by atoms with van der Waals surface area (Å²) in [6.45, 7) is 9.16. The number of aryl methyl sites for hydroxylation is 2. The van der Waals surface area contributed by atoms with Gasteiger partial charge in [-0.15, -0.1) is 0 Å². The zero-order valence-electron chi connectivity index (χ0n) is 28.7. The van der Waals surface area contributed by atoms with Crippen molar-refractivity contribution in [1.29, 1.82) is 0 Å². The highest BCUT2D eigenvalue weighted by Gasteiger charge is 2.32. The number of aliphatic hydroxyl groups is 1. The first-order valence-corrected chi connectivity index (χ1v) is 18.1. The Balaban J connectivity index is 1.63. The van der Waals surface area contributed by atoms with Crippen molar-refractivity contribution in [3.05, 3.63) is 64.5 Å². The molecular weight excluding hydrogens is 674 g/mol. The number of fused-ring (bicyclic) bond motifs is 1. The predicted octanol–water partition coefficient (Wildman–Crippen LogP) is 5.71. The number of urea groups is 1. The minimum absolute atomic E-state index is 0.0338. The molecule has 1 aliphatic heterocycles. The third kappa shape index (κ3) is 9.73. The van der Waals surface area contributed by atoms with Crippen LogP contribution in [0.25, 0.3) is 0 Å². The van der Waals surface area contributed by atoms with Crippen molar-refractivity contribution < 1.29 is 37.1 Å². The number of carbonyl (C=O) groups is 2. The van der Waals surface area contributed by atoms with E-state index in [1.165, 1.54) is 40.5 Å². The van der Waals surface area contributed by atoms with Crippen LogP contribution in [0.15, 0.2) is 51.9 Å². The first-order valence-electron chi connectivity index (χ1n) is 16.3. The van der Waals surface area contributed by atoms with Gasteiger partial charge in [-0.3, -0.25) is 4.79 Å². The largest absolute Gasteiger partial charge is 0.490 e. The second kappa shape index (κ2) is 16.8. The number of likely N-dealkylation sites (N-methyl/N-ethyl adjacent to an activating group) is 1. The van der Waals surface area contributed by atoms with Crippen LogP contribution in [0.2, 0.25) is 5.02 Å². The fourth-order valence-electron chi connectivity index (χ4n) is 5.54. The molecule has 3 N–H and O–H groups in total. The molecule has 49 heavy (non-hydrogen) atoms. The van der Waals surface area contributed by atoms with Crippen LogP contribution in [0, 0.1) is 19.8 Å². The van der Waals surface area contributed by atoms with E-state index in [0.29, 0.717) is 46.6 Å². The van der Waals surface area contributed by atoms with E-state index in [1.807, 2.05) is 13.8 Å². The molecule has 0 saturated heterocycles. The smallest absolute Gasteiger partial charge is 0.323 e. The fourth-order valence-corrected chi connectivity index (χ4v) is 6.85. The number of benzene rings is 2. The number of hydrogen-bond acceptors (Lipinski definition) is 9. The zero-order valence-corrected chi connectivity index (χ0v) is 30.3. The summed E-state index contributed by atoms with van der Waals surface area (Å²) >= 11 is 5.98. The van der Waals surface area contributed by atoms with E-state index < -0.39 is 34.1 Å². The van der Waals surface area contributed by atoms with Crippen LogP contribution in [0.1, 0.15) is 61.8 Å². The Hall–Kier alpha value is -3.69. The van der Waals surface area contributed by atoms with E-state index >= 15 is 0 Å². The van der Waals surface area contributed by atoms with Gasteiger partial charge in [-0.05, 0) is 89.4 Å². The number of aliphatic hydroxyl groups excluding tert-OH is 1. The van der Waals surface area contributed by atoms with Gasteiger partial charge in [-0.1, -0.05) is 23.7 Å². The van der Waals surface area contributed by atoms with E-state index in [9.17, 15) is 23.1 Å². The lowest BCUT2D eigenvalue weighted by molar-refractivity contribution is -0.00833. The number of ether oxygens (including phenoxy) is 2. The van der Waals surface area contributed by atoms with Crippen LogP contribution < -0.4 is 15.4 Å². The van der Waals surface area contributed by atoms with Gasteiger partial charge in [0.25, 0.3) is 5.91 Å². The lowest BCUT2D eigenvalue weighted by Crippen LogP contribution is -2.48. The molecule has 0 radical (unpaired) electrons. The van der Waals surface area contributed by atoms with Crippen molar-refractivity contribution in [3.8, 4) is 5.75 Å². The molecule has 4 rings (SSSR count). The number of nitrogens with zero attached hydrogens (tertiary/aromatic N) is 3. The maximum absolute atomic E-state index is 14.4. The highest BCUT2D eigenvalue weighted by molar-refractivity contribution is 7.89. The maximum atomic E-state index is 14.4. The molecule has 1 aliphatic rings. The molecule has 1 aromatic heterocycles. The molecule has 0 bridgehead atoms. The monoisotopic (exact) mass is 719 g/mol. The number of sulfonamides is 1. The van der Waals surface area contributed by atoms with E-state index in [1.54, 1.807) is 39.0 Å². The normalized spacial score (nSPS) is 20.2. The average molecular weight is 720 g/mol. The minimum Gasteiger partial charge on any atom is -0.490 e. The number of halogens is 1. The number of carbonyl (C=O) groups excluding carboxylic acids is 2. The Morgan fingerprint density at radius 1 is 1.14 bits per heavy atom. The van der Waals surface area contributed by atoms with Crippen molar-refractivity contribution in [3.63, 3.8) is 0 Å². The van der Waals surface area contributed by atoms with Crippen molar-refractivity contribution in [2.45, 2.75) is 77.0 Å². The third-order valence-electron chi connectivity index (χ3n) is 8.54. The third-order valence-corrected chi connectivity index (χ3v) is 10.6. The second-order valence-corrected chi connectivity index (χ2v) is 15.0. The Labute approximate surface area is 292 Å². The number of hydrogen-bond donors (Lipinski definition) is 3. The number of anilines is 2. The molecule has 0 aliphatic carbocycles. The molecule has 15 heteroatoms. The Kier molecular flexibility index (Phi) is 13.1. The molecular formula is C34H46ClN5O8S. The maximum Gasteiger partial charge on any atom is 0.323 e. The summed E-state index contributed by atoms with van der Waals surface area (Å²) < 4.78 is 45.8. The Morgan fingerprint density at radius 3 is 2.51 bits per heavy atom. The molecule has 3 aromatic rings. The lowest BCUT2D eigenvalue weighted by atomic mass is 10.0. The molecule has 4 atom stereocenters. The van der Waals surface area contributed by atoms with Gasteiger partial charge in [-0.25, -0.2) is 13.2 Å². The molecule has 268 valence electrons. The number of nitrogens with one attached hydrogen (secondary N) is 2. The summed E-state index contributed by atoms with van der Waals surface area (Å²) in [5.74, 6) is 0.0151. The van der Waals surface area contributed by atoms with Crippen molar-refractivity contribution in [2.24, 2.45) is 5.92 Å². The number of aromatic nitrogens is 1. The van der Waals surface area contributed by atoms with Crippen molar-refractivity contribution in [2.75, 3.05) is 44.0 Å². The number of amides is 3. The van der Waals surface area contributed by atoms with E-state index in [4.69, 9.17) is 25.6 Å². The molecule has 2 aromatic carbocycles. The van der Waals surface area contributed by atoms with Crippen molar-refractivity contribution in [1.82, 2.24) is 14.4 Å². The van der Waals surface area contributed by atoms with Gasteiger partial charge in [0.05, 0.1) is 35.3 Å². The van der Waals surface area contributed by atoms with E-state index in [2.05, 4.69) is 15.8 Å². The summed E-state index contributed by atoms with van der Waals surface area (Å²) in [6.07, 6.45) is 1.35. The summed E-state index contributed by atoms with van der Waals surface area (Å²) in [6, 6.07) is 9.65. The topological polar surface area (TPSA) is 164 Å². The first-order chi connectivity index (χ1) is 23.2. The molecule has 2 heterocycles.